The number of carbonyl (C=O) groups excluding carboxylic acids is 2. The molecule has 1 aliphatic heterocycles. The summed E-state index contributed by atoms with van der Waals surface area (Å²) in [6, 6.07) is 10.5. The summed E-state index contributed by atoms with van der Waals surface area (Å²) < 4.78 is 27.8. The van der Waals surface area contributed by atoms with Crippen LogP contribution in [0.2, 0.25) is 0 Å². The molecule has 0 saturated heterocycles. The maximum Gasteiger partial charge on any atom is 0.278 e. The molecule has 2 heterocycles. The molecule has 1 saturated carbocycles. The third-order valence-corrected chi connectivity index (χ3v) is 9.21. The Bertz CT molecular complexity index is 1460. The fourth-order valence-corrected chi connectivity index (χ4v) is 7.28. The second-order valence-corrected chi connectivity index (χ2v) is 11.2. The Kier molecular flexibility index (Phi) is 3.37. The van der Waals surface area contributed by atoms with Crippen molar-refractivity contribution < 1.29 is 18.0 Å². The van der Waals surface area contributed by atoms with Gasteiger partial charge in [0.1, 0.15) is 0 Å². The molecule has 2 aromatic carbocycles. The van der Waals surface area contributed by atoms with Gasteiger partial charge in [0.15, 0.2) is 5.78 Å². The van der Waals surface area contributed by atoms with Crippen molar-refractivity contribution in [1.29, 1.82) is 0 Å². The maximum absolute atomic E-state index is 13.3. The summed E-state index contributed by atoms with van der Waals surface area (Å²) in [5, 5.41) is 4.50. The lowest BCUT2D eigenvalue weighted by Gasteiger charge is -2.19. The first-order valence-corrected chi connectivity index (χ1v) is 11.8. The number of fused-ring (bicyclic) bond motifs is 5. The smallest absolute Gasteiger partial charge is 0.278 e. The van der Waals surface area contributed by atoms with E-state index >= 15 is 0 Å². The van der Waals surface area contributed by atoms with Gasteiger partial charge in [0.05, 0.1) is 21.2 Å². The lowest BCUT2D eigenvalue weighted by Crippen LogP contribution is -2.22. The van der Waals surface area contributed by atoms with Crippen molar-refractivity contribution >= 4 is 21.5 Å². The molecule has 3 aliphatic rings. The Balaban J connectivity index is 1.46. The first-order chi connectivity index (χ1) is 14.6. The molecule has 0 radical (unpaired) electrons. The Hall–Kier alpha value is -3.06. The molecule has 1 aromatic heterocycles. The summed E-state index contributed by atoms with van der Waals surface area (Å²) in [6.45, 7) is 6.41. The summed E-state index contributed by atoms with van der Waals surface area (Å²) in [5.41, 5.74) is 3.66. The number of aromatic nitrogens is 2. The van der Waals surface area contributed by atoms with Gasteiger partial charge in [-0.3, -0.25) is 9.59 Å². The van der Waals surface area contributed by atoms with E-state index in [1.165, 1.54) is 35.0 Å². The second-order valence-electron chi connectivity index (χ2n) is 9.31. The Morgan fingerprint density at radius 2 is 1.81 bits per heavy atom. The molecule has 2 atom stereocenters. The third-order valence-electron chi connectivity index (χ3n) is 7.36. The molecule has 3 aromatic rings. The van der Waals surface area contributed by atoms with Crippen LogP contribution in [0.1, 0.15) is 63.0 Å². The van der Waals surface area contributed by atoms with Crippen molar-refractivity contribution in [3.05, 3.63) is 76.1 Å². The van der Waals surface area contributed by atoms with Crippen molar-refractivity contribution in [2.24, 2.45) is 11.3 Å². The predicted octanol–water partition coefficient (Wildman–Crippen LogP) is 3.55. The number of carbonyl (C=O) groups is 2. The van der Waals surface area contributed by atoms with Gasteiger partial charge in [-0.1, -0.05) is 26.0 Å². The molecule has 0 bridgehead atoms. The van der Waals surface area contributed by atoms with E-state index in [9.17, 15) is 18.0 Å². The summed E-state index contributed by atoms with van der Waals surface area (Å²) in [6.07, 6.45) is 0.800. The molecule has 0 amide bonds. The third kappa shape index (κ3) is 2.22. The van der Waals surface area contributed by atoms with Crippen molar-refractivity contribution in [2.75, 3.05) is 0 Å². The van der Waals surface area contributed by atoms with Crippen LogP contribution in [0, 0.1) is 18.3 Å². The van der Waals surface area contributed by atoms with Crippen LogP contribution in [0.3, 0.4) is 0 Å². The molecule has 31 heavy (non-hydrogen) atoms. The van der Waals surface area contributed by atoms with Crippen molar-refractivity contribution in [3.8, 4) is 0 Å². The Morgan fingerprint density at radius 3 is 2.58 bits per heavy atom. The highest BCUT2D eigenvalue weighted by molar-refractivity contribution is 7.91. The summed E-state index contributed by atoms with van der Waals surface area (Å²) in [4.78, 5) is 26.0. The zero-order valence-electron chi connectivity index (χ0n) is 17.3. The second kappa shape index (κ2) is 5.59. The van der Waals surface area contributed by atoms with Gasteiger partial charge >= 0.3 is 0 Å². The van der Waals surface area contributed by atoms with Crippen molar-refractivity contribution in [3.63, 3.8) is 0 Å². The SMILES string of the molecule is Cc1nn(C(=O)c2ccc3c(c2)S(=O)(=O)c2ccccc2C3=O)c2c1[C@@H]1[C@@H](C2)C1(C)C. The van der Waals surface area contributed by atoms with Crippen LogP contribution in [0.25, 0.3) is 0 Å². The minimum absolute atomic E-state index is 0.0183. The van der Waals surface area contributed by atoms with E-state index in [0.29, 0.717) is 11.8 Å². The monoisotopic (exact) mass is 432 g/mol. The largest absolute Gasteiger partial charge is 0.289 e. The van der Waals surface area contributed by atoms with E-state index in [-0.39, 0.29) is 43.6 Å². The van der Waals surface area contributed by atoms with Crippen LogP contribution in [-0.4, -0.2) is 29.9 Å². The highest BCUT2D eigenvalue weighted by Gasteiger charge is 2.64. The lowest BCUT2D eigenvalue weighted by atomic mass is 9.98. The molecule has 1 fully saturated rings. The van der Waals surface area contributed by atoms with Crippen molar-refractivity contribution in [1.82, 2.24) is 9.78 Å². The van der Waals surface area contributed by atoms with Crippen LogP contribution in [0.4, 0.5) is 0 Å². The van der Waals surface area contributed by atoms with Crippen LogP contribution in [-0.2, 0) is 16.3 Å². The molecule has 2 aliphatic carbocycles. The molecule has 0 unspecified atom stereocenters. The highest BCUT2D eigenvalue weighted by atomic mass is 32.2. The number of sulfone groups is 1. The minimum Gasteiger partial charge on any atom is -0.289 e. The summed E-state index contributed by atoms with van der Waals surface area (Å²) in [7, 11) is -3.90. The van der Waals surface area contributed by atoms with Crippen LogP contribution < -0.4 is 0 Å². The number of nitrogens with zero attached hydrogens (tertiary/aromatic N) is 2. The van der Waals surface area contributed by atoms with E-state index < -0.39 is 9.84 Å². The zero-order valence-corrected chi connectivity index (χ0v) is 18.2. The first-order valence-electron chi connectivity index (χ1n) is 10.3. The molecule has 156 valence electrons. The van der Waals surface area contributed by atoms with Gasteiger partial charge in [0.25, 0.3) is 5.91 Å². The van der Waals surface area contributed by atoms with Gasteiger partial charge in [0, 0.05) is 22.3 Å². The van der Waals surface area contributed by atoms with Gasteiger partial charge in [-0.2, -0.15) is 5.10 Å². The fourth-order valence-electron chi connectivity index (χ4n) is 5.60. The lowest BCUT2D eigenvalue weighted by molar-refractivity contribution is 0.0939. The Labute approximate surface area is 179 Å². The number of ketones is 1. The molecule has 6 nitrogen and oxygen atoms in total. The summed E-state index contributed by atoms with van der Waals surface area (Å²) >= 11 is 0. The number of aryl methyl sites for hydroxylation is 1. The van der Waals surface area contributed by atoms with E-state index in [2.05, 4.69) is 18.9 Å². The standard InChI is InChI=1S/C24H20N2O4S/c1-12-20-17(11-16-21(20)24(16,2)3)26(25-12)23(28)13-8-9-15-19(10-13)31(29,30)18-7-5-4-6-14(18)22(15)27/h4-10,16,21H,11H2,1-3H3/t16-,21+/m1/s1. The van der Waals surface area contributed by atoms with E-state index in [1.54, 1.807) is 12.1 Å². The quantitative estimate of drug-likeness (QED) is 0.459. The topological polar surface area (TPSA) is 86.1 Å². The molecule has 0 N–H and O–H groups in total. The number of rotatable bonds is 1. The van der Waals surface area contributed by atoms with E-state index in [1.807, 2.05) is 6.92 Å². The molecule has 6 rings (SSSR count). The molecular weight excluding hydrogens is 412 g/mol. The number of hydrogen-bond acceptors (Lipinski definition) is 5. The average Bonchev–Trinajstić information content (AvgIpc) is 3.06. The maximum atomic E-state index is 13.3. The Morgan fingerprint density at radius 1 is 1.10 bits per heavy atom. The molecule has 7 heteroatoms. The van der Waals surface area contributed by atoms with Gasteiger partial charge in [-0.05, 0) is 60.9 Å². The molecular formula is C24H20N2O4S. The van der Waals surface area contributed by atoms with Gasteiger partial charge in [0.2, 0.25) is 9.84 Å². The van der Waals surface area contributed by atoms with Gasteiger partial charge in [-0.25, -0.2) is 13.1 Å². The zero-order chi connectivity index (χ0) is 21.9. The predicted molar refractivity (Wildman–Crippen MR) is 112 cm³/mol. The molecule has 0 spiro atoms. The van der Waals surface area contributed by atoms with Gasteiger partial charge in [-0.15, -0.1) is 0 Å². The van der Waals surface area contributed by atoms with Crippen LogP contribution in [0.5, 0.6) is 0 Å². The van der Waals surface area contributed by atoms with E-state index in [0.717, 1.165) is 23.4 Å². The average molecular weight is 433 g/mol. The van der Waals surface area contributed by atoms with Crippen molar-refractivity contribution in [2.45, 2.75) is 42.9 Å². The fraction of sp³-hybridized carbons (Fsp3) is 0.292. The number of hydrogen-bond donors (Lipinski definition) is 0. The number of benzene rings is 2. The minimum atomic E-state index is -3.90. The first kappa shape index (κ1) is 18.7. The van der Waals surface area contributed by atoms with Gasteiger partial charge < -0.3 is 0 Å². The normalized spacial score (nSPS) is 23.5. The van der Waals surface area contributed by atoms with E-state index in [4.69, 9.17) is 0 Å². The van der Waals surface area contributed by atoms with Crippen LogP contribution >= 0.6 is 0 Å². The highest BCUT2D eigenvalue weighted by Crippen LogP contribution is 2.70. The van der Waals surface area contributed by atoms with Crippen LogP contribution in [0.15, 0.2) is 52.3 Å². The summed E-state index contributed by atoms with van der Waals surface area (Å²) in [5.74, 6) is 0.240.